The molecule has 2 N–H and O–H groups in total. The van der Waals surface area contributed by atoms with Crippen molar-refractivity contribution in [2.75, 3.05) is 13.6 Å². The molecule has 0 saturated carbocycles. The number of hydrogen-bond donors (Lipinski definition) is 2. The lowest BCUT2D eigenvalue weighted by atomic mass is 10.2. The molecule has 2 rings (SSSR count). The van der Waals surface area contributed by atoms with Crippen molar-refractivity contribution in [1.29, 1.82) is 0 Å². The van der Waals surface area contributed by atoms with Crippen LogP contribution in [0.5, 0.6) is 0 Å². The number of amides is 1. The van der Waals surface area contributed by atoms with Gasteiger partial charge in [-0.1, -0.05) is 0 Å². The fourth-order valence-electron chi connectivity index (χ4n) is 2.48. The van der Waals surface area contributed by atoms with Crippen molar-refractivity contribution in [2.24, 2.45) is 0 Å². The molecule has 1 unspecified atom stereocenters. The lowest BCUT2D eigenvalue weighted by molar-refractivity contribution is -0.125. The molecular weight excluding hydrogens is 248 g/mol. The number of nitrogens with zero attached hydrogens (tertiary/aromatic N) is 1. The van der Waals surface area contributed by atoms with E-state index in [0.29, 0.717) is 12.3 Å². The number of hydrogen-bond acceptors (Lipinski definition) is 4. The Morgan fingerprint density at radius 1 is 1.58 bits per heavy atom. The highest BCUT2D eigenvalue weighted by Crippen LogP contribution is 2.23. The normalized spacial score (nSPS) is 19.6. The molecule has 1 aliphatic heterocycles. The summed E-state index contributed by atoms with van der Waals surface area (Å²) >= 11 is 0. The average Bonchev–Trinajstić information content (AvgIpc) is 2.97. The predicted octanol–water partition coefficient (Wildman–Crippen LogP) is 0.997. The zero-order chi connectivity index (χ0) is 14.0. The van der Waals surface area contributed by atoms with Crippen molar-refractivity contribution in [3.8, 4) is 0 Å². The van der Waals surface area contributed by atoms with Crippen molar-refractivity contribution in [1.82, 2.24) is 10.2 Å². The van der Waals surface area contributed by atoms with E-state index in [1.165, 1.54) is 6.07 Å². The molecule has 0 bridgehead atoms. The Morgan fingerprint density at radius 3 is 2.89 bits per heavy atom. The van der Waals surface area contributed by atoms with Crippen molar-refractivity contribution >= 4 is 11.9 Å². The van der Waals surface area contributed by atoms with E-state index in [2.05, 4.69) is 10.2 Å². The second-order valence-electron chi connectivity index (χ2n) is 4.74. The van der Waals surface area contributed by atoms with Gasteiger partial charge in [-0.05, 0) is 32.4 Å². The molecule has 1 fully saturated rings. The number of carboxylic acids is 1. The lowest BCUT2D eigenvalue weighted by Gasteiger charge is -2.22. The Balaban J connectivity index is 2.12. The first-order valence-corrected chi connectivity index (χ1v) is 6.31. The minimum Gasteiger partial charge on any atom is -0.475 e. The molecule has 1 aliphatic rings. The van der Waals surface area contributed by atoms with Crippen LogP contribution < -0.4 is 5.32 Å². The summed E-state index contributed by atoms with van der Waals surface area (Å²) in [6.45, 7) is 3.12. The molecule has 104 valence electrons. The van der Waals surface area contributed by atoms with Crippen molar-refractivity contribution in [2.45, 2.75) is 32.4 Å². The minimum absolute atomic E-state index is 0.0112. The highest BCUT2D eigenvalue weighted by molar-refractivity contribution is 5.84. The highest BCUT2D eigenvalue weighted by Gasteiger charge is 2.30. The van der Waals surface area contributed by atoms with Gasteiger partial charge in [-0.15, -0.1) is 0 Å². The fraction of sp³-hybridized carbons (Fsp3) is 0.538. The highest BCUT2D eigenvalue weighted by atomic mass is 16.4. The van der Waals surface area contributed by atoms with Gasteiger partial charge < -0.3 is 14.8 Å². The number of aromatic carboxylic acids is 1. The number of likely N-dealkylation sites (N-methyl/N-ethyl adjacent to an activating group) is 1. The van der Waals surface area contributed by atoms with Crippen molar-refractivity contribution < 1.29 is 19.1 Å². The van der Waals surface area contributed by atoms with Crippen LogP contribution in [0.3, 0.4) is 0 Å². The molecule has 1 atom stereocenters. The molecular formula is C13H18N2O4. The number of furan rings is 1. The lowest BCUT2D eigenvalue weighted by Crippen LogP contribution is -2.41. The second kappa shape index (κ2) is 5.44. The predicted molar refractivity (Wildman–Crippen MR) is 67.9 cm³/mol. The molecule has 0 spiro atoms. The first kappa shape index (κ1) is 13.6. The third-order valence-electron chi connectivity index (χ3n) is 3.52. The summed E-state index contributed by atoms with van der Waals surface area (Å²) in [4.78, 5) is 24.7. The van der Waals surface area contributed by atoms with E-state index in [4.69, 9.17) is 9.52 Å². The van der Waals surface area contributed by atoms with E-state index in [0.717, 1.165) is 24.9 Å². The van der Waals surface area contributed by atoms with Gasteiger partial charge in [-0.3, -0.25) is 9.69 Å². The number of nitrogens with one attached hydrogen (secondary N) is 1. The number of rotatable bonds is 4. The molecule has 0 aromatic carbocycles. The molecule has 0 aliphatic carbocycles. The summed E-state index contributed by atoms with van der Waals surface area (Å²) in [5.74, 6) is -0.515. The average molecular weight is 266 g/mol. The molecule has 1 amide bonds. The Morgan fingerprint density at radius 2 is 2.32 bits per heavy atom. The Kier molecular flexibility index (Phi) is 3.90. The summed E-state index contributed by atoms with van der Waals surface area (Å²) in [5, 5.41) is 11.6. The van der Waals surface area contributed by atoms with Gasteiger partial charge in [-0.25, -0.2) is 4.79 Å². The molecule has 1 saturated heterocycles. The standard InChI is InChI=1S/C13H18N2O4/c1-8-9(6-11(19-8)13(17)18)7-15-5-3-4-10(15)12(16)14-2/h6,10H,3-5,7H2,1-2H3,(H,14,16)(H,17,18). The Labute approximate surface area is 111 Å². The van der Waals surface area contributed by atoms with Crippen LogP contribution in [0, 0.1) is 6.92 Å². The van der Waals surface area contributed by atoms with Crippen LogP contribution in [0.4, 0.5) is 0 Å². The summed E-state index contributed by atoms with van der Waals surface area (Å²) < 4.78 is 5.18. The Hall–Kier alpha value is -1.82. The van der Waals surface area contributed by atoms with E-state index < -0.39 is 5.97 Å². The summed E-state index contributed by atoms with van der Waals surface area (Å²) in [5.41, 5.74) is 0.827. The monoisotopic (exact) mass is 266 g/mol. The molecule has 1 aromatic heterocycles. The quantitative estimate of drug-likeness (QED) is 0.849. The second-order valence-corrected chi connectivity index (χ2v) is 4.74. The summed E-state index contributed by atoms with van der Waals surface area (Å²) in [7, 11) is 1.63. The minimum atomic E-state index is -1.07. The van der Waals surface area contributed by atoms with E-state index in [-0.39, 0.29) is 17.7 Å². The van der Waals surface area contributed by atoms with Gasteiger partial charge in [-0.2, -0.15) is 0 Å². The van der Waals surface area contributed by atoms with Gasteiger partial charge >= 0.3 is 5.97 Å². The molecule has 2 heterocycles. The number of carbonyl (C=O) groups is 2. The summed E-state index contributed by atoms with van der Waals surface area (Å²) in [6, 6.07) is 1.41. The van der Waals surface area contributed by atoms with Crippen molar-refractivity contribution in [3.63, 3.8) is 0 Å². The van der Waals surface area contributed by atoms with Gasteiger partial charge in [0, 0.05) is 19.2 Å². The number of carbonyl (C=O) groups excluding carboxylic acids is 1. The van der Waals surface area contributed by atoms with Crippen LogP contribution in [0.1, 0.15) is 34.7 Å². The number of aryl methyl sites for hydroxylation is 1. The van der Waals surface area contributed by atoms with E-state index in [1.807, 2.05) is 0 Å². The first-order chi connectivity index (χ1) is 9.02. The van der Waals surface area contributed by atoms with E-state index in [9.17, 15) is 9.59 Å². The van der Waals surface area contributed by atoms with Crippen LogP contribution in [-0.4, -0.2) is 41.5 Å². The molecule has 6 nitrogen and oxygen atoms in total. The SMILES string of the molecule is CNC(=O)C1CCCN1Cc1cc(C(=O)O)oc1C. The topological polar surface area (TPSA) is 82.8 Å². The summed E-state index contributed by atoms with van der Waals surface area (Å²) in [6.07, 6.45) is 1.81. The van der Waals surface area contributed by atoms with Crippen LogP contribution in [0.25, 0.3) is 0 Å². The van der Waals surface area contributed by atoms with Crippen LogP contribution >= 0.6 is 0 Å². The van der Waals surface area contributed by atoms with Crippen LogP contribution in [0.15, 0.2) is 10.5 Å². The smallest absolute Gasteiger partial charge is 0.371 e. The number of carboxylic acid groups (broad SMARTS) is 1. The molecule has 0 radical (unpaired) electrons. The Bertz CT molecular complexity index is 495. The van der Waals surface area contributed by atoms with Crippen LogP contribution in [-0.2, 0) is 11.3 Å². The number of likely N-dealkylation sites (tertiary alicyclic amines) is 1. The largest absolute Gasteiger partial charge is 0.475 e. The van der Waals surface area contributed by atoms with Gasteiger partial charge in [0.1, 0.15) is 5.76 Å². The zero-order valence-corrected chi connectivity index (χ0v) is 11.1. The maximum atomic E-state index is 11.7. The van der Waals surface area contributed by atoms with Gasteiger partial charge in [0.2, 0.25) is 11.7 Å². The maximum Gasteiger partial charge on any atom is 0.371 e. The zero-order valence-electron chi connectivity index (χ0n) is 11.1. The third kappa shape index (κ3) is 2.78. The van der Waals surface area contributed by atoms with Gasteiger partial charge in [0.05, 0.1) is 6.04 Å². The van der Waals surface area contributed by atoms with E-state index >= 15 is 0 Å². The third-order valence-corrected chi connectivity index (χ3v) is 3.52. The molecule has 19 heavy (non-hydrogen) atoms. The van der Waals surface area contributed by atoms with Gasteiger partial charge in [0.15, 0.2) is 0 Å². The van der Waals surface area contributed by atoms with E-state index in [1.54, 1.807) is 14.0 Å². The fourth-order valence-corrected chi connectivity index (χ4v) is 2.48. The van der Waals surface area contributed by atoms with Gasteiger partial charge in [0.25, 0.3) is 0 Å². The van der Waals surface area contributed by atoms with Crippen molar-refractivity contribution in [3.05, 3.63) is 23.2 Å². The molecule has 6 heteroatoms. The van der Waals surface area contributed by atoms with Crippen LogP contribution in [0.2, 0.25) is 0 Å². The maximum absolute atomic E-state index is 11.7. The first-order valence-electron chi connectivity index (χ1n) is 6.31. The molecule has 1 aromatic rings.